The molecule has 2 aromatic carbocycles. The van der Waals surface area contributed by atoms with Gasteiger partial charge in [0.25, 0.3) is 0 Å². The summed E-state index contributed by atoms with van der Waals surface area (Å²) in [6.45, 7) is 15.9. The molecule has 5 rings (SSSR count). The highest BCUT2D eigenvalue weighted by Crippen LogP contribution is 2.31. The third kappa shape index (κ3) is 4.71. The largest absolute Gasteiger partial charge is 0.366 e. The summed E-state index contributed by atoms with van der Waals surface area (Å²) in [4.78, 5) is 5.08. The molecule has 0 radical (unpaired) electrons. The van der Waals surface area contributed by atoms with Crippen LogP contribution in [0.1, 0.15) is 36.4 Å². The predicted molar refractivity (Wildman–Crippen MR) is 146 cm³/mol. The molecule has 186 valence electrons. The second-order valence-electron chi connectivity index (χ2n) is 9.99. The molecule has 36 heavy (non-hydrogen) atoms. The van der Waals surface area contributed by atoms with Crippen LogP contribution in [0, 0.1) is 13.8 Å². The number of piperazine rings is 1. The van der Waals surface area contributed by atoms with Crippen molar-refractivity contribution in [3.8, 4) is 17.1 Å². The fourth-order valence-corrected chi connectivity index (χ4v) is 5.51. The van der Waals surface area contributed by atoms with Gasteiger partial charge in [-0.2, -0.15) is 0 Å². The van der Waals surface area contributed by atoms with Crippen LogP contribution in [-0.4, -0.2) is 61.8 Å². The van der Waals surface area contributed by atoms with Gasteiger partial charge in [0.05, 0.1) is 0 Å². The van der Waals surface area contributed by atoms with E-state index in [1.807, 2.05) is 12.1 Å². The Kier molecular flexibility index (Phi) is 6.74. The van der Waals surface area contributed by atoms with E-state index < -0.39 is 0 Å². The number of aryl methyl sites for hydroxylation is 2. The van der Waals surface area contributed by atoms with Crippen LogP contribution in [0.2, 0.25) is 0 Å². The lowest BCUT2D eigenvalue weighted by Crippen LogP contribution is -2.56. The van der Waals surface area contributed by atoms with Crippen LogP contribution >= 0.6 is 0 Å². The molecule has 1 aliphatic heterocycles. The Labute approximate surface area is 213 Å². The summed E-state index contributed by atoms with van der Waals surface area (Å²) >= 11 is 0. The highest BCUT2D eigenvalue weighted by molar-refractivity contribution is 5.63. The second kappa shape index (κ2) is 10.1. The van der Waals surface area contributed by atoms with Gasteiger partial charge in [-0.1, -0.05) is 30.3 Å². The zero-order valence-electron chi connectivity index (χ0n) is 21.6. The monoisotopic (exact) mass is 481 g/mol. The zero-order valence-corrected chi connectivity index (χ0v) is 21.6. The molecule has 0 saturated carbocycles. The zero-order chi connectivity index (χ0) is 25.2. The molecule has 7 nitrogen and oxygen atoms in total. The molecule has 0 unspecified atom stereocenters. The molecule has 0 aliphatic carbocycles. The number of aromatic amines is 1. The van der Waals surface area contributed by atoms with Crippen molar-refractivity contribution in [3.05, 3.63) is 89.8 Å². The van der Waals surface area contributed by atoms with Crippen molar-refractivity contribution >= 4 is 5.69 Å². The Balaban J connectivity index is 1.56. The van der Waals surface area contributed by atoms with Crippen molar-refractivity contribution in [1.82, 2.24) is 30.1 Å². The number of nitrogens with one attached hydrogen (secondary N) is 1. The maximum atomic E-state index is 4.16. The number of aromatic nitrogens is 5. The van der Waals surface area contributed by atoms with E-state index in [-0.39, 0.29) is 0 Å². The summed E-state index contributed by atoms with van der Waals surface area (Å²) in [5.74, 6) is 0.694. The van der Waals surface area contributed by atoms with Gasteiger partial charge < -0.3 is 9.47 Å². The summed E-state index contributed by atoms with van der Waals surface area (Å²) in [5, 5.41) is 14.6. The Morgan fingerprint density at radius 1 is 0.972 bits per heavy atom. The number of hydrogen-bond donors (Lipinski definition) is 1. The van der Waals surface area contributed by atoms with Crippen molar-refractivity contribution in [1.29, 1.82) is 0 Å². The lowest BCUT2D eigenvalue weighted by atomic mass is 9.97. The third-order valence-corrected chi connectivity index (χ3v) is 7.31. The molecule has 1 N–H and O–H groups in total. The normalized spacial score (nSPS) is 18.5. The van der Waals surface area contributed by atoms with Gasteiger partial charge in [-0.15, -0.1) is 11.7 Å². The molecule has 0 amide bonds. The van der Waals surface area contributed by atoms with Crippen molar-refractivity contribution in [2.75, 3.05) is 24.5 Å². The average Bonchev–Trinajstić information content (AvgIpc) is 3.51. The number of hydrogen-bond acceptors (Lipinski definition) is 5. The van der Waals surface area contributed by atoms with Crippen LogP contribution in [0.5, 0.6) is 0 Å². The molecule has 7 heteroatoms. The predicted octanol–water partition coefficient (Wildman–Crippen LogP) is 4.95. The van der Waals surface area contributed by atoms with E-state index in [4.69, 9.17) is 0 Å². The molecule has 1 saturated heterocycles. The van der Waals surface area contributed by atoms with Gasteiger partial charge in [-0.05, 0) is 86.0 Å². The standard InChI is InChI=1S/C29H35N7/c1-6-13-34-18-23(5)35(19-22(34)4)26-15-24(16-27(17-26)36-20(2)11-12-21(36)3)14-25-9-7-8-10-28(25)29-30-32-33-31-29/h6-12,15-17,22-23H,1,13-14,18-19H2,2-5H3,(H,30,31,32,33)/t22-,23+/m1/s1. The number of benzene rings is 2. The van der Waals surface area contributed by atoms with Crippen LogP contribution in [-0.2, 0) is 6.42 Å². The molecule has 4 aromatic rings. The Hall–Kier alpha value is -3.71. The van der Waals surface area contributed by atoms with Crippen LogP contribution in [0.4, 0.5) is 5.69 Å². The smallest absolute Gasteiger partial charge is 0.179 e. The molecule has 3 heterocycles. The molecular weight excluding hydrogens is 446 g/mol. The molecule has 2 aromatic heterocycles. The number of anilines is 1. The maximum Gasteiger partial charge on any atom is 0.179 e. The van der Waals surface area contributed by atoms with Crippen LogP contribution in [0.25, 0.3) is 17.1 Å². The number of H-pyrrole nitrogens is 1. The number of tetrazole rings is 1. The van der Waals surface area contributed by atoms with E-state index in [1.165, 1.54) is 33.9 Å². The van der Waals surface area contributed by atoms with Crippen molar-refractivity contribution in [2.45, 2.75) is 46.2 Å². The average molecular weight is 482 g/mol. The summed E-state index contributed by atoms with van der Waals surface area (Å²) in [7, 11) is 0. The first-order valence-electron chi connectivity index (χ1n) is 12.7. The SMILES string of the molecule is C=CCN1C[C@H](C)N(c2cc(Cc3ccccc3-c3nnn[nH]3)cc(-n3c(C)ccc3C)c2)C[C@H]1C. The van der Waals surface area contributed by atoms with E-state index in [1.54, 1.807) is 0 Å². The lowest BCUT2D eigenvalue weighted by Gasteiger charge is -2.45. The van der Waals surface area contributed by atoms with Crippen LogP contribution < -0.4 is 4.90 Å². The second-order valence-corrected chi connectivity index (χ2v) is 9.99. The van der Waals surface area contributed by atoms with Gasteiger partial charge in [-0.25, -0.2) is 5.10 Å². The minimum atomic E-state index is 0.406. The van der Waals surface area contributed by atoms with Crippen molar-refractivity contribution in [3.63, 3.8) is 0 Å². The molecule has 1 aliphatic rings. The Morgan fingerprint density at radius 3 is 2.44 bits per heavy atom. The van der Waals surface area contributed by atoms with Gasteiger partial charge in [0, 0.05) is 60.0 Å². The fraction of sp³-hybridized carbons (Fsp3) is 0.345. The first-order chi connectivity index (χ1) is 17.4. The van der Waals surface area contributed by atoms with Crippen molar-refractivity contribution < 1.29 is 0 Å². The van der Waals surface area contributed by atoms with Gasteiger partial charge in [-0.3, -0.25) is 4.90 Å². The molecular formula is C29H35N7. The Bertz CT molecular complexity index is 1320. The van der Waals surface area contributed by atoms with E-state index >= 15 is 0 Å². The summed E-state index contributed by atoms with van der Waals surface area (Å²) in [5.41, 5.74) is 8.44. The summed E-state index contributed by atoms with van der Waals surface area (Å²) in [6, 6.07) is 20.6. The first kappa shape index (κ1) is 24.0. The topological polar surface area (TPSA) is 65.9 Å². The van der Waals surface area contributed by atoms with E-state index in [9.17, 15) is 0 Å². The van der Waals surface area contributed by atoms with Gasteiger partial charge in [0.15, 0.2) is 5.82 Å². The fourth-order valence-electron chi connectivity index (χ4n) is 5.51. The Morgan fingerprint density at radius 2 is 1.72 bits per heavy atom. The number of nitrogens with zero attached hydrogens (tertiary/aromatic N) is 6. The van der Waals surface area contributed by atoms with Crippen LogP contribution in [0.3, 0.4) is 0 Å². The van der Waals surface area contributed by atoms with Gasteiger partial charge in [0.1, 0.15) is 0 Å². The van der Waals surface area contributed by atoms with E-state index in [2.05, 4.69) is 118 Å². The molecule has 1 fully saturated rings. The highest BCUT2D eigenvalue weighted by atomic mass is 15.5. The quantitative estimate of drug-likeness (QED) is 0.378. The van der Waals surface area contributed by atoms with E-state index in [0.717, 1.165) is 31.6 Å². The highest BCUT2D eigenvalue weighted by Gasteiger charge is 2.29. The molecule has 0 spiro atoms. The molecule has 2 atom stereocenters. The lowest BCUT2D eigenvalue weighted by molar-refractivity contribution is 0.184. The number of rotatable bonds is 7. The van der Waals surface area contributed by atoms with Gasteiger partial charge in [0.2, 0.25) is 0 Å². The van der Waals surface area contributed by atoms with E-state index in [0.29, 0.717) is 17.9 Å². The minimum absolute atomic E-state index is 0.406. The van der Waals surface area contributed by atoms with Gasteiger partial charge >= 0.3 is 0 Å². The first-order valence-corrected chi connectivity index (χ1v) is 12.7. The third-order valence-electron chi connectivity index (χ3n) is 7.31. The summed E-state index contributed by atoms with van der Waals surface area (Å²) in [6.07, 6.45) is 2.80. The van der Waals surface area contributed by atoms with Crippen LogP contribution in [0.15, 0.2) is 67.3 Å². The molecule has 0 bridgehead atoms. The summed E-state index contributed by atoms with van der Waals surface area (Å²) < 4.78 is 2.35. The maximum absolute atomic E-state index is 4.16. The minimum Gasteiger partial charge on any atom is -0.366 e. The van der Waals surface area contributed by atoms with Crippen molar-refractivity contribution in [2.24, 2.45) is 0 Å².